The SMILES string of the molecule is c1cc(-c2cccc3ccccc23)cc(N(c2ccc(-c3cccc4oc5ccccc5c34)cc2)c2ccccc2-c2ccc(-c3ccc4ccc5ccccc5c4c3)cc2)c1. The molecule has 0 aliphatic heterocycles. The van der Waals surface area contributed by atoms with E-state index in [1.165, 1.54) is 54.6 Å². The molecule has 0 bridgehead atoms. The van der Waals surface area contributed by atoms with Gasteiger partial charge in [0.25, 0.3) is 0 Å². The van der Waals surface area contributed by atoms with Crippen molar-refractivity contribution >= 4 is 71.3 Å². The molecular weight excluding hydrogens is 751 g/mol. The lowest BCUT2D eigenvalue weighted by atomic mass is 9.95. The van der Waals surface area contributed by atoms with Gasteiger partial charge in [0.05, 0.1) is 5.69 Å². The number of anilines is 3. The molecule has 1 aromatic heterocycles. The molecule has 0 radical (unpaired) electrons. The fourth-order valence-corrected chi connectivity index (χ4v) is 9.46. The van der Waals surface area contributed by atoms with Gasteiger partial charge >= 0.3 is 0 Å². The Bertz CT molecular complexity index is 3630. The van der Waals surface area contributed by atoms with Gasteiger partial charge in [0.15, 0.2) is 0 Å². The van der Waals surface area contributed by atoms with Crippen molar-refractivity contribution in [1.29, 1.82) is 0 Å². The van der Waals surface area contributed by atoms with Crippen molar-refractivity contribution in [2.45, 2.75) is 0 Å². The molecule has 62 heavy (non-hydrogen) atoms. The normalized spacial score (nSPS) is 11.5. The number of rotatable bonds is 7. The zero-order valence-electron chi connectivity index (χ0n) is 33.9. The summed E-state index contributed by atoms with van der Waals surface area (Å²) in [6.45, 7) is 0. The molecule has 2 nitrogen and oxygen atoms in total. The second-order valence-corrected chi connectivity index (χ2v) is 16.1. The highest BCUT2D eigenvalue weighted by Gasteiger charge is 2.20. The minimum Gasteiger partial charge on any atom is -0.456 e. The molecule has 0 amide bonds. The van der Waals surface area contributed by atoms with E-state index in [9.17, 15) is 0 Å². The lowest BCUT2D eigenvalue weighted by Gasteiger charge is -2.28. The van der Waals surface area contributed by atoms with Crippen LogP contribution in [-0.4, -0.2) is 0 Å². The zero-order chi connectivity index (χ0) is 41.0. The molecular formula is C60H39NO. The van der Waals surface area contributed by atoms with Crippen LogP contribution in [0, 0.1) is 0 Å². The van der Waals surface area contributed by atoms with Crippen molar-refractivity contribution in [3.8, 4) is 44.5 Å². The molecule has 0 saturated heterocycles. The van der Waals surface area contributed by atoms with Crippen molar-refractivity contribution in [3.63, 3.8) is 0 Å². The van der Waals surface area contributed by atoms with E-state index in [0.29, 0.717) is 0 Å². The monoisotopic (exact) mass is 789 g/mol. The van der Waals surface area contributed by atoms with E-state index in [0.717, 1.165) is 61.3 Å². The summed E-state index contributed by atoms with van der Waals surface area (Å²) >= 11 is 0. The van der Waals surface area contributed by atoms with Gasteiger partial charge in [0, 0.05) is 27.7 Å². The maximum absolute atomic E-state index is 6.28. The summed E-state index contributed by atoms with van der Waals surface area (Å²) in [5, 5.41) is 9.81. The molecule has 0 spiro atoms. The summed E-state index contributed by atoms with van der Waals surface area (Å²) < 4.78 is 6.28. The molecule has 0 N–H and O–H groups in total. The molecule has 0 saturated carbocycles. The summed E-state index contributed by atoms with van der Waals surface area (Å²) in [4.78, 5) is 2.41. The highest BCUT2D eigenvalue weighted by Crippen LogP contribution is 2.44. The Morgan fingerprint density at radius 1 is 0.274 bits per heavy atom. The van der Waals surface area contributed by atoms with E-state index in [1.807, 2.05) is 12.1 Å². The fraction of sp³-hybridized carbons (Fsp3) is 0. The van der Waals surface area contributed by atoms with Crippen molar-refractivity contribution < 1.29 is 4.42 Å². The fourth-order valence-electron chi connectivity index (χ4n) is 9.46. The first-order chi connectivity index (χ1) is 30.7. The molecule has 0 aliphatic rings. The van der Waals surface area contributed by atoms with Crippen LogP contribution < -0.4 is 4.90 Å². The van der Waals surface area contributed by atoms with Crippen molar-refractivity contribution in [3.05, 3.63) is 237 Å². The predicted octanol–water partition coefficient (Wildman–Crippen LogP) is 17.2. The number of hydrogen-bond acceptors (Lipinski definition) is 2. The van der Waals surface area contributed by atoms with Gasteiger partial charge < -0.3 is 9.32 Å². The van der Waals surface area contributed by atoms with Crippen LogP contribution in [0.5, 0.6) is 0 Å². The summed E-state index contributed by atoms with van der Waals surface area (Å²) in [6, 6.07) is 85.6. The molecule has 12 aromatic rings. The van der Waals surface area contributed by atoms with Crippen LogP contribution in [0.3, 0.4) is 0 Å². The molecule has 290 valence electrons. The molecule has 0 aliphatic carbocycles. The quantitative estimate of drug-likeness (QED) is 0.150. The highest BCUT2D eigenvalue weighted by atomic mass is 16.3. The van der Waals surface area contributed by atoms with Gasteiger partial charge in [-0.25, -0.2) is 0 Å². The molecule has 11 aromatic carbocycles. The smallest absolute Gasteiger partial charge is 0.136 e. The Balaban J connectivity index is 0.980. The third-order valence-electron chi connectivity index (χ3n) is 12.5. The Morgan fingerprint density at radius 2 is 0.823 bits per heavy atom. The van der Waals surface area contributed by atoms with Gasteiger partial charge in [-0.2, -0.15) is 0 Å². The number of nitrogens with zero attached hydrogens (tertiary/aromatic N) is 1. The molecule has 0 atom stereocenters. The Kier molecular flexibility index (Phi) is 8.53. The minimum atomic E-state index is 0.897. The van der Waals surface area contributed by atoms with Gasteiger partial charge in [0.2, 0.25) is 0 Å². The lowest BCUT2D eigenvalue weighted by molar-refractivity contribution is 0.669. The van der Waals surface area contributed by atoms with Crippen molar-refractivity contribution in [2.24, 2.45) is 0 Å². The number of hydrogen-bond donors (Lipinski definition) is 0. The average molecular weight is 790 g/mol. The predicted molar refractivity (Wildman–Crippen MR) is 263 cm³/mol. The van der Waals surface area contributed by atoms with Crippen LogP contribution in [0.4, 0.5) is 17.1 Å². The van der Waals surface area contributed by atoms with Gasteiger partial charge in [-0.1, -0.05) is 188 Å². The third kappa shape index (κ3) is 6.12. The number of para-hydroxylation sites is 2. The second-order valence-electron chi connectivity index (χ2n) is 16.1. The van der Waals surface area contributed by atoms with E-state index < -0.39 is 0 Å². The Labute approximate surface area is 360 Å². The van der Waals surface area contributed by atoms with E-state index in [2.05, 4.69) is 229 Å². The lowest BCUT2D eigenvalue weighted by Crippen LogP contribution is -2.11. The molecule has 2 heteroatoms. The summed E-state index contributed by atoms with van der Waals surface area (Å²) in [5.74, 6) is 0. The van der Waals surface area contributed by atoms with E-state index >= 15 is 0 Å². The Morgan fingerprint density at radius 3 is 1.68 bits per heavy atom. The standard InChI is InChI=1S/C60H39NO/c1-3-17-50-41(12-1)14-10-21-52(50)47-15-9-16-49(38-47)61(48-36-34-44(35-37-48)54-22-11-25-59-60(54)55-20-6-8-24-58(55)62-59)57-23-7-5-19-53(57)43-28-26-40(27-29-43)46-33-32-45-31-30-42-13-2-4-18-51(42)56(45)39-46/h1-39H. The van der Waals surface area contributed by atoms with E-state index in [4.69, 9.17) is 4.42 Å². The maximum Gasteiger partial charge on any atom is 0.136 e. The topological polar surface area (TPSA) is 16.4 Å². The van der Waals surface area contributed by atoms with Crippen molar-refractivity contribution in [1.82, 2.24) is 0 Å². The molecule has 1 heterocycles. The van der Waals surface area contributed by atoms with Crippen LogP contribution in [-0.2, 0) is 0 Å². The van der Waals surface area contributed by atoms with E-state index in [-0.39, 0.29) is 0 Å². The largest absolute Gasteiger partial charge is 0.456 e. The van der Waals surface area contributed by atoms with Crippen LogP contribution in [0.1, 0.15) is 0 Å². The van der Waals surface area contributed by atoms with Crippen LogP contribution >= 0.6 is 0 Å². The maximum atomic E-state index is 6.28. The van der Waals surface area contributed by atoms with Crippen LogP contribution in [0.2, 0.25) is 0 Å². The minimum absolute atomic E-state index is 0.897. The average Bonchev–Trinajstić information content (AvgIpc) is 3.73. The first-order valence-corrected chi connectivity index (χ1v) is 21.2. The highest BCUT2D eigenvalue weighted by molar-refractivity contribution is 6.12. The van der Waals surface area contributed by atoms with Gasteiger partial charge in [-0.15, -0.1) is 0 Å². The van der Waals surface area contributed by atoms with Crippen LogP contribution in [0.25, 0.3) is 98.8 Å². The summed E-state index contributed by atoms with van der Waals surface area (Å²) in [5.41, 5.74) is 14.4. The first-order valence-electron chi connectivity index (χ1n) is 21.2. The molecule has 12 rings (SSSR count). The number of furan rings is 1. The molecule has 0 unspecified atom stereocenters. The van der Waals surface area contributed by atoms with Gasteiger partial charge in [-0.05, 0) is 120 Å². The Hall–Kier alpha value is -8.20. The van der Waals surface area contributed by atoms with Gasteiger partial charge in [0.1, 0.15) is 11.2 Å². The summed E-state index contributed by atoms with van der Waals surface area (Å²) in [6.07, 6.45) is 0. The van der Waals surface area contributed by atoms with Gasteiger partial charge in [-0.3, -0.25) is 0 Å². The number of benzene rings is 11. The third-order valence-corrected chi connectivity index (χ3v) is 12.5. The summed E-state index contributed by atoms with van der Waals surface area (Å²) in [7, 11) is 0. The van der Waals surface area contributed by atoms with Crippen molar-refractivity contribution in [2.75, 3.05) is 4.90 Å². The zero-order valence-corrected chi connectivity index (χ0v) is 33.9. The first kappa shape index (κ1) is 35.7. The number of fused-ring (bicyclic) bond motifs is 7. The molecule has 0 fully saturated rings. The van der Waals surface area contributed by atoms with E-state index in [1.54, 1.807) is 0 Å². The second kappa shape index (κ2) is 14.8. The van der Waals surface area contributed by atoms with Crippen LogP contribution in [0.15, 0.2) is 241 Å².